The first kappa shape index (κ1) is 13.9. The van der Waals surface area contributed by atoms with E-state index in [1.54, 1.807) is 13.0 Å². The molecule has 0 aromatic rings. The van der Waals surface area contributed by atoms with Gasteiger partial charge in [0.25, 0.3) is 0 Å². The number of rotatable bonds is 6. The average molecular weight is 206 g/mol. The Bertz CT molecular complexity index is 269. The molecule has 0 rings (SSSR count). The van der Waals surface area contributed by atoms with Crippen LogP contribution in [0, 0.1) is 5.92 Å². The smallest absolute Gasteiger partial charge is 0.152 e. The lowest BCUT2D eigenvalue weighted by molar-refractivity contribution is -0.112. The maximum Gasteiger partial charge on any atom is 0.152 e. The molecule has 0 fully saturated rings. The van der Waals surface area contributed by atoms with E-state index in [1.165, 1.54) is 5.57 Å². The molecule has 0 aliphatic heterocycles. The zero-order chi connectivity index (χ0) is 11.7. The maximum atomic E-state index is 10.8. The van der Waals surface area contributed by atoms with E-state index in [2.05, 4.69) is 32.1 Å². The van der Waals surface area contributed by atoms with Gasteiger partial charge in [-0.05, 0) is 38.7 Å². The van der Waals surface area contributed by atoms with Gasteiger partial charge in [-0.2, -0.15) is 0 Å². The van der Waals surface area contributed by atoms with Gasteiger partial charge in [0.05, 0.1) is 0 Å². The van der Waals surface area contributed by atoms with Gasteiger partial charge in [-0.25, -0.2) is 0 Å². The van der Waals surface area contributed by atoms with E-state index in [-0.39, 0.29) is 5.78 Å². The molecule has 0 saturated carbocycles. The minimum absolute atomic E-state index is 0.115. The van der Waals surface area contributed by atoms with Crippen molar-refractivity contribution in [2.45, 2.75) is 40.5 Å². The second-order valence-electron chi connectivity index (χ2n) is 3.72. The van der Waals surface area contributed by atoms with Crippen LogP contribution in [0.2, 0.25) is 0 Å². The third-order valence-corrected chi connectivity index (χ3v) is 2.24. The number of ketones is 1. The number of carbonyl (C=O) groups is 1. The molecule has 0 bridgehead atoms. The molecule has 15 heavy (non-hydrogen) atoms. The van der Waals surface area contributed by atoms with Gasteiger partial charge in [0, 0.05) is 0 Å². The summed E-state index contributed by atoms with van der Waals surface area (Å²) in [4.78, 5) is 10.8. The summed E-state index contributed by atoms with van der Waals surface area (Å²) in [7, 11) is 0. The Balaban J connectivity index is 4.41. The summed E-state index contributed by atoms with van der Waals surface area (Å²) in [6.45, 7) is 7.93. The quantitative estimate of drug-likeness (QED) is 0.473. The maximum absolute atomic E-state index is 10.8. The van der Waals surface area contributed by atoms with E-state index >= 15 is 0 Å². The first-order chi connectivity index (χ1) is 7.11. The van der Waals surface area contributed by atoms with Crippen LogP contribution in [0.5, 0.6) is 0 Å². The van der Waals surface area contributed by atoms with Crippen molar-refractivity contribution in [3.63, 3.8) is 0 Å². The number of hydrogen-bond donors (Lipinski definition) is 0. The van der Waals surface area contributed by atoms with Crippen LogP contribution in [0.15, 0.2) is 36.0 Å². The molecule has 0 aromatic carbocycles. The summed E-state index contributed by atoms with van der Waals surface area (Å²) in [5.41, 5.74) is 1.38. The molecule has 0 N–H and O–H groups in total. The van der Waals surface area contributed by atoms with Gasteiger partial charge in [-0.1, -0.05) is 43.7 Å². The summed E-state index contributed by atoms with van der Waals surface area (Å²) in [5, 5.41) is 0. The minimum Gasteiger partial charge on any atom is -0.295 e. The van der Waals surface area contributed by atoms with Crippen molar-refractivity contribution in [1.82, 2.24) is 0 Å². The van der Waals surface area contributed by atoms with E-state index in [0.717, 1.165) is 12.8 Å². The Morgan fingerprint density at radius 3 is 2.53 bits per heavy atom. The van der Waals surface area contributed by atoms with Gasteiger partial charge in [-0.15, -0.1) is 0 Å². The lowest BCUT2D eigenvalue weighted by atomic mass is 9.96. The predicted octanol–water partition coefficient (Wildman–Crippen LogP) is 4.07. The fourth-order valence-electron chi connectivity index (χ4n) is 1.49. The van der Waals surface area contributed by atoms with E-state index in [4.69, 9.17) is 0 Å². The minimum atomic E-state index is 0.115. The van der Waals surface area contributed by atoms with Crippen LogP contribution in [0.4, 0.5) is 0 Å². The molecular formula is C14H22O. The van der Waals surface area contributed by atoms with E-state index in [9.17, 15) is 4.79 Å². The fraction of sp³-hybridized carbons (Fsp3) is 0.500. The number of carbonyl (C=O) groups excluding carboxylic acids is 1. The molecule has 84 valence electrons. The predicted molar refractivity (Wildman–Crippen MR) is 66.8 cm³/mol. The van der Waals surface area contributed by atoms with Crippen LogP contribution >= 0.6 is 0 Å². The normalized spacial score (nSPS) is 15.1. The largest absolute Gasteiger partial charge is 0.295 e. The van der Waals surface area contributed by atoms with Crippen LogP contribution in [0.1, 0.15) is 40.5 Å². The van der Waals surface area contributed by atoms with Gasteiger partial charge in [0.1, 0.15) is 0 Å². The molecule has 1 heteroatoms. The Morgan fingerprint density at radius 2 is 2.07 bits per heavy atom. The molecule has 0 aromatic heterocycles. The summed E-state index contributed by atoms with van der Waals surface area (Å²) < 4.78 is 0. The van der Waals surface area contributed by atoms with Crippen molar-refractivity contribution in [3.8, 4) is 0 Å². The summed E-state index contributed by atoms with van der Waals surface area (Å²) in [6, 6.07) is 0. The average Bonchev–Trinajstić information content (AvgIpc) is 2.16. The summed E-state index contributed by atoms with van der Waals surface area (Å²) in [5.74, 6) is 0.580. The monoisotopic (exact) mass is 206 g/mol. The highest BCUT2D eigenvalue weighted by Crippen LogP contribution is 2.17. The Hall–Kier alpha value is -1.11. The Labute approximate surface area is 93.6 Å². The van der Waals surface area contributed by atoms with Gasteiger partial charge < -0.3 is 0 Å². The van der Waals surface area contributed by atoms with Crippen molar-refractivity contribution in [2.24, 2.45) is 5.92 Å². The molecule has 0 amide bonds. The third kappa shape index (κ3) is 6.89. The first-order valence-electron chi connectivity index (χ1n) is 5.60. The van der Waals surface area contributed by atoms with Crippen LogP contribution in [-0.4, -0.2) is 5.78 Å². The molecule has 0 saturated heterocycles. The van der Waals surface area contributed by atoms with E-state index in [0.29, 0.717) is 5.92 Å². The molecule has 0 heterocycles. The van der Waals surface area contributed by atoms with E-state index in [1.807, 2.05) is 13.0 Å². The number of hydrogen-bond acceptors (Lipinski definition) is 1. The zero-order valence-electron chi connectivity index (χ0n) is 10.3. The van der Waals surface area contributed by atoms with Crippen LogP contribution < -0.4 is 0 Å². The summed E-state index contributed by atoms with van der Waals surface area (Å²) >= 11 is 0. The lowest BCUT2D eigenvalue weighted by Gasteiger charge is -2.09. The van der Waals surface area contributed by atoms with E-state index < -0.39 is 0 Å². The van der Waals surface area contributed by atoms with Crippen LogP contribution in [0.3, 0.4) is 0 Å². The third-order valence-electron chi connectivity index (χ3n) is 2.24. The standard InChI is InChI=1S/C14H22O/c1-5-8-12(3)14(9-6-2)11-7-10-13(4)15/h5,7-10,12H,6,11H2,1-4H3/b8-5-,10-7+,14-9+. The topological polar surface area (TPSA) is 17.1 Å². The molecule has 0 radical (unpaired) electrons. The SMILES string of the molecule is C/C=C\C(C)/C(=C/CC)C/C=C/C(C)=O. The Morgan fingerprint density at radius 1 is 1.40 bits per heavy atom. The van der Waals surface area contributed by atoms with Crippen LogP contribution in [0.25, 0.3) is 0 Å². The fourth-order valence-corrected chi connectivity index (χ4v) is 1.49. The zero-order valence-corrected chi connectivity index (χ0v) is 10.3. The van der Waals surface area contributed by atoms with Crippen LogP contribution in [-0.2, 0) is 4.79 Å². The molecular weight excluding hydrogens is 184 g/mol. The second-order valence-corrected chi connectivity index (χ2v) is 3.72. The van der Waals surface area contributed by atoms with Gasteiger partial charge >= 0.3 is 0 Å². The highest BCUT2D eigenvalue weighted by molar-refractivity contribution is 5.87. The molecule has 0 aliphatic rings. The highest BCUT2D eigenvalue weighted by atomic mass is 16.1. The molecule has 0 aliphatic carbocycles. The van der Waals surface area contributed by atoms with Crippen molar-refractivity contribution in [2.75, 3.05) is 0 Å². The van der Waals surface area contributed by atoms with Crippen molar-refractivity contribution < 1.29 is 4.79 Å². The highest BCUT2D eigenvalue weighted by Gasteiger charge is 2.02. The molecule has 1 unspecified atom stereocenters. The van der Waals surface area contributed by atoms with Gasteiger partial charge in [0.15, 0.2) is 5.78 Å². The summed E-state index contributed by atoms with van der Waals surface area (Å²) in [6.07, 6.45) is 12.0. The van der Waals surface area contributed by atoms with Gasteiger partial charge in [0.2, 0.25) is 0 Å². The molecule has 1 atom stereocenters. The Kier molecular flexibility index (Phi) is 7.61. The van der Waals surface area contributed by atoms with Crippen molar-refractivity contribution >= 4 is 5.78 Å². The second kappa shape index (κ2) is 8.22. The lowest BCUT2D eigenvalue weighted by Crippen LogP contribution is -1.95. The molecule has 0 spiro atoms. The first-order valence-corrected chi connectivity index (χ1v) is 5.60. The molecule has 1 nitrogen and oxygen atoms in total. The van der Waals surface area contributed by atoms with Crippen molar-refractivity contribution in [1.29, 1.82) is 0 Å². The number of allylic oxidation sites excluding steroid dienone is 6. The van der Waals surface area contributed by atoms with Crippen molar-refractivity contribution in [3.05, 3.63) is 36.0 Å². The van der Waals surface area contributed by atoms with Gasteiger partial charge in [-0.3, -0.25) is 4.79 Å².